The summed E-state index contributed by atoms with van der Waals surface area (Å²) in [6, 6.07) is 3.74. The van der Waals surface area contributed by atoms with E-state index in [0.717, 1.165) is 25.9 Å². The van der Waals surface area contributed by atoms with Gasteiger partial charge in [-0.15, -0.1) is 0 Å². The van der Waals surface area contributed by atoms with Crippen molar-refractivity contribution in [2.24, 2.45) is 0 Å². The average molecular weight is 252 g/mol. The first-order chi connectivity index (χ1) is 8.58. The van der Waals surface area contributed by atoms with Gasteiger partial charge in [0, 0.05) is 13.1 Å². The van der Waals surface area contributed by atoms with Crippen molar-refractivity contribution in [2.75, 3.05) is 13.1 Å². The summed E-state index contributed by atoms with van der Waals surface area (Å²) < 4.78 is 13.2. The number of urea groups is 1. The Hall–Kier alpha value is -1.78. The van der Waals surface area contributed by atoms with Gasteiger partial charge in [0.2, 0.25) is 0 Å². The number of benzene rings is 1. The summed E-state index contributed by atoms with van der Waals surface area (Å²) in [5.41, 5.74) is 0.637. The molecular formula is C13H17FN2O2. The number of nitrogens with one attached hydrogen (secondary N) is 1. The lowest BCUT2D eigenvalue weighted by atomic mass is 10.1. The summed E-state index contributed by atoms with van der Waals surface area (Å²) >= 11 is 0. The number of rotatable bonds is 2. The van der Waals surface area contributed by atoms with E-state index in [-0.39, 0.29) is 17.8 Å². The maximum Gasteiger partial charge on any atom is 0.317 e. The smallest absolute Gasteiger partial charge is 0.317 e. The first-order valence-corrected chi connectivity index (χ1v) is 6.12. The number of carbonyl (C=O) groups is 1. The van der Waals surface area contributed by atoms with Gasteiger partial charge in [0.05, 0.1) is 6.04 Å². The van der Waals surface area contributed by atoms with Crippen molar-refractivity contribution in [3.63, 3.8) is 0 Å². The fourth-order valence-corrected chi connectivity index (χ4v) is 2.07. The molecule has 1 atom stereocenters. The van der Waals surface area contributed by atoms with Crippen LogP contribution in [-0.2, 0) is 0 Å². The number of hydrogen-bond donors (Lipinski definition) is 2. The van der Waals surface area contributed by atoms with Crippen molar-refractivity contribution in [1.29, 1.82) is 0 Å². The lowest BCUT2D eigenvalue weighted by Gasteiger charge is -2.20. The molecular weight excluding hydrogens is 235 g/mol. The molecule has 2 N–H and O–H groups in total. The van der Waals surface area contributed by atoms with Crippen molar-refractivity contribution < 1.29 is 14.3 Å². The first kappa shape index (κ1) is 12.7. The predicted octanol–water partition coefficient (Wildman–Crippen LogP) is 2.40. The maximum absolute atomic E-state index is 13.2. The molecule has 0 bridgehead atoms. The molecule has 1 saturated heterocycles. The molecule has 0 aliphatic carbocycles. The Bertz CT molecular complexity index is 445. The Labute approximate surface area is 105 Å². The van der Waals surface area contributed by atoms with Crippen LogP contribution >= 0.6 is 0 Å². The SMILES string of the molecule is CC(NC(=O)N1CCCC1)c1ccc(O)c(F)c1. The number of carbonyl (C=O) groups excluding carboxylic acids is 1. The summed E-state index contributed by atoms with van der Waals surface area (Å²) in [7, 11) is 0. The number of hydrogen-bond acceptors (Lipinski definition) is 2. The fourth-order valence-electron chi connectivity index (χ4n) is 2.07. The molecule has 1 heterocycles. The number of phenols is 1. The van der Waals surface area contributed by atoms with E-state index in [2.05, 4.69) is 5.32 Å². The molecule has 1 aromatic rings. The van der Waals surface area contributed by atoms with Crippen molar-refractivity contribution >= 4 is 6.03 Å². The molecule has 1 unspecified atom stereocenters. The molecule has 5 heteroatoms. The largest absolute Gasteiger partial charge is 0.505 e. The van der Waals surface area contributed by atoms with Crippen molar-refractivity contribution in [2.45, 2.75) is 25.8 Å². The quantitative estimate of drug-likeness (QED) is 0.849. The van der Waals surface area contributed by atoms with Crippen molar-refractivity contribution in [1.82, 2.24) is 10.2 Å². The highest BCUT2D eigenvalue weighted by atomic mass is 19.1. The number of likely N-dealkylation sites (tertiary alicyclic amines) is 1. The second-order valence-corrected chi connectivity index (χ2v) is 4.58. The van der Waals surface area contributed by atoms with Crippen LogP contribution in [0.1, 0.15) is 31.4 Å². The minimum absolute atomic E-state index is 0.117. The first-order valence-electron chi connectivity index (χ1n) is 6.12. The molecule has 1 aliphatic heterocycles. The number of aromatic hydroxyl groups is 1. The second kappa shape index (κ2) is 5.25. The second-order valence-electron chi connectivity index (χ2n) is 4.58. The molecule has 2 rings (SSSR count). The summed E-state index contributed by atoms with van der Waals surface area (Å²) in [6.45, 7) is 3.35. The molecule has 4 nitrogen and oxygen atoms in total. The standard InChI is InChI=1S/C13H17FN2O2/c1-9(10-4-5-12(17)11(14)8-10)15-13(18)16-6-2-3-7-16/h4-5,8-9,17H,2-3,6-7H2,1H3,(H,15,18). The van der Waals surface area contributed by atoms with E-state index in [4.69, 9.17) is 5.11 Å². The Morgan fingerprint density at radius 2 is 2.11 bits per heavy atom. The zero-order valence-corrected chi connectivity index (χ0v) is 10.3. The number of phenolic OH excluding ortho intramolecular Hbond substituents is 1. The Kier molecular flexibility index (Phi) is 3.69. The Morgan fingerprint density at radius 3 is 2.72 bits per heavy atom. The number of amides is 2. The topological polar surface area (TPSA) is 52.6 Å². The van der Waals surface area contributed by atoms with Crippen LogP contribution < -0.4 is 5.32 Å². The molecule has 1 aliphatic rings. The fraction of sp³-hybridized carbons (Fsp3) is 0.462. The molecule has 98 valence electrons. The molecule has 0 radical (unpaired) electrons. The predicted molar refractivity (Wildman–Crippen MR) is 65.8 cm³/mol. The van der Waals surface area contributed by atoms with Gasteiger partial charge < -0.3 is 15.3 Å². The van der Waals surface area contributed by atoms with Gasteiger partial charge in [0.1, 0.15) is 0 Å². The van der Waals surface area contributed by atoms with Crippen LogP contribution in [0.2, 0.25) is 0 Å². The van der Waals surface area contributed by atoms with Gasteiger partial charge in [-0.05, 0) is 37.5 Å². The summed E-state index contributed by atoms with van der Waals surface area (Å²) in [5, 5.41) is 11.9. The highest BCUT2D eigenvalue weighted by molar-refractivity contribution is 5.74. The summed E-state index contributed by atoms with van der Waals surface area (Å²) in [6.07, 6.45) is 2.07. The van der Waals surface area contributed by atoms with Crippen molar-refractivity contribution in [3.8, 4) is 5.75 Å². The highest BCUT2D eigenvalue weighted by Gasteiger charge is 2.20. The molecule has 0 spiro atoms. The van der Waals surface area contributed by atoms with Gasteiger partial charge in [-0.25, -0.2) is 9.18 Å². The third kappa shape index (κ3) is 2.72. The lowest BCUT2D eigenvalue weighted by Crippen LogP contribution is -2.39. The molecule has 18 heavy (non-hydrogen) atoms. The number of halogens is 1. The van der Waals surface area contributed by atoms with Gasteiger partial charge in [0.25, 0.3) is 0 Å². The third-order valence-corrected chi connectivity index (χ3v) is 3.20. The number of nitrogens with zero attached hydrogens (tertiary/aromatic N) is 1. The monoisotopic (exact) mass is 252 g/mol. The normalized spacial score (nSPS) is 16.7. The lowest BCUT2D eigenvalue weighted by molar-refractivity contribution is 0.205. The van der Waals surface area contributed by atoms with Crippen LogP contribution in [0.3, 0.4) is 0 Å². The minimum atomic E-state index is -0.672. The Morgan fingerprint density at radius 1 is 1.44 bits per heavy atom. The van der Waals surface area contributed by atoms with E-state index in [0.29, 0.717) is 5.56 Å². The van der Waals surface area contributed by atoms with Crippen LogP contribution in [0, 0.1) is 5.82 Å². The summed E-state index contributed by atoms with van der Waals surface area (Å²) in [4.78, 5) is 13.6. The van der Waals surface area contributed by atoms with Crippen LogP contribution in [0.25, 0.3) is 0 Å². The van der Waals surface area contributed by atoms with E-state index in [1.807, 2.05) is 0 Å². The van der Waals surface area contributed by atoms with E-state index in [1.54, 1.807) is 17.9 Å². The van der Waals surface area contributed by atoms with E-state index in [9.17, 15) is 9.18 Å². The average Bonchev–Trinajstić information content (AvgIpc) is 2.86. The van der Waals surface area contributed by atoms with Gasteiger partial charge in [-0.3, -0.25) is 0 Å². The summed E-state index contributed by atoms with van der Waals surface area (Å²) in [5.74, 6) is -1.05. The zero-order valence-electron chi connectivity index (χ0n) is 10.3. The van der Waals surface area contributed by atoms with E-state index < -0.39 is 5.82 Å². The minimum Gasteiger partial charge on any atom is -0.505 e. The van der Waals surface area contributed by atoms with Crippen LogP contribution in [0.5, 0.6) is 5.75 Å². The molecule has 1 aromatic carbocycles. The molecule has 0 saturated carbocycles. The zero-order chi connectivity index (χ0) is 13.1. The van der Waals surface area contributed by atoms with Crippen LogP contribution in [0.15, 0.2) is 18.2 Å². The molecule has 1 fully saturated rings. The van der Waals surface area contributed by atoms with Gasteiger partial charge in [0.15, 0.2) is 11.6 Å². The van der Waals surface area contributed by atoms with Gasteiger partial charge in [-0.1, -0.05) is 6.07 Å². The maximum atomic E-state index is 13.2. The molecule has 2 amide bonds. The van der Waals surface area contributed by atoms with Crippen LogP contribution in [-0.4, -0.2) is 29.1 Å². The van der Waals surface area contributed by atoms with Gasteiger partial charge in [-0.2, -0.15) is 0 Å². The van der Waals surface area contributed by atoms with Crippen LogP contribution in [0.4, 0.5) is 9.18 Å². The molecule has 0 aromatic heterocycles. The van der Waals surface area contributed by atoms with E-state index >= 15 is 0 Å². The Balaban J connectivity index is 2.00. The third-order valence-electron chi connectivity index (χ3n) is 3.20. The highest BCUT2D eigenvalue weighted by Crippen LogP contribution is 2.21. The van der Waals surface area contributed by atoms with E-state index in [1.165, 1.54) is 12.1 Å². The van der Waals surface area contributed by atoms with Crippen molar-refractivity contribution in [3.05, 3.63) is 29.6 Å². The van der Waals surface area contributed by atoms with Gasteiger partial charge >= 0.3 is 6.03 Å².